The molecule has 2 aliphatic heterocycles. The molecule has 1 unspecified atom stereocenters. The average Bonchev–Trinajstić information content (AvgIpc) is 2.93. The third-order valence-corrected chi connectivity index (χ3v) is 4.92. The highest BCUT2D eigenvalue weighted by Gasteiger charge is 2.40. The van der Waals surface area contributed by atoms with Crippen molar-refractivity contribution in [2.24, 2.45) is 0 Å². The van der Waals surface area contributed by atoms with Gasteiger partial charge in [-0.2, -0.15) is 0 Å². The quantitative estimate of drug-likeness (QED) is 0.925. The molecule has 1 N–H and O–H groups in total. The van der Waals surface area contributed by atoms with Crippen molar-refractivity contribution in [3.63, 3.8) is 0 Å². The number of hydrogen-bond acceptors (Lipinski definition) is 3. The molecule has 0 saturated carbocycles. The van der Waals surface area contributed by atoms with Gasteiger partial charge in [0, 0.05) is 13.0 Å². The van der Waals surface area contributed by atoms with Gasteiger partial charge in [0.25, 0.3) is 0 Å². The standard InChI is InChI=1S/C17H23NO3/c1-17(16(19)20)8-2-3-9-18(17)10-6-13-4-5-15-14(12-13)7-11-21-15/h4-5,12H,2-3,6-11H2,1H3,(H,19,20). The number of likely N-dealkylation sites (tertiary alicyclic amines) is 1. The second-order valence-electron chi connectivity index (χ2n) is 6.31. The lowest BCUT2D eigenvalue weighted by atomic mass is 9.88. The molecule has 2 heterocycles. The number of carboxylic acid groups (broad SMARTS) is 1. The number of nitrogens with zero attached hydrogens (tertiary/aromatic N) is 1. The molecule has 1 fully saturated rings. The van der Waals surface area contributed by atoms with Crippen LogP contribution in [0.5, 0.6) is 5.75 Å². The Balaban J connectivity index is 1.67. The SMILES string of the molecule is CC1(C(=O)O)CCCCN1CCc1ccc2c(c1)CCO2. The van der Waals surface area contributed by atoms with E-state index in [4.69, 9.17) is 4.74 Å². The molecular weight excluding hydrogens is 266 g/mol. The van der Waals surface area contributed by atoms with Crippen LogP contribution in [0.15, 0.2) is 18.2 Å². The first-order valence-electron chi connectivity index (χ1n) is 7.83. The van der Waals surface area contributed by atoms with Crippen molar-refractivity contribution >= 4 is 5.97 Å². The van der Waals surface area contributed by atoms with Crippen LogP contribution in [-0.2, 0) is 17.6 Å². The van der Waals surface area contributed by atoms with E-state index in [1.807, 2.05) is 13.0 Å². The molecule has 21 heavy (non-hydrogen) atoms. The molecule has 0 aliphatic carbocycles. The second kappa shape index (κ2) is 5.68. The summed E-state index contributed by atoms with van der Waals surface area (Å²) in [6.45, 7) is 4.34. The van der Waals surface area contributed by atoms with Crippen molar-refractivity contribution in [1.29, 1.82) is 0 Å². The summed E-state index contributed by atoms with van der Waals surface area (Å²) >= 11 is 0. The maximum Gasteiger partial charge on any atom is 0.323 e. The lowest BCUT2D eigenvalue weighted by Gasteiger charge is -2.41. The molecule has 0 bridgehead atoms. The largest absolute Gasteiger partial charge is 0.493 e. The van der Waals surface area contributed by atoms with Gasteiger partial charge in [-0.25, -0.2) is 0 Å². The number of hydrogen-bond donors (Lipinski definition) is 1. The average molecular weight is 289 g/mol. The van der Waals surface area contributed by atoms with E-state index in [9.17, 15) is 9.90 Å². The molecule has 0 radical (unpaired) electrons. The monoisotopic (exact) mass is 289 g/mol. The first-order valence-corrected chi connectivity index (χ1v) is 7.83. The van der Waals surface area contributed by atoms with Crippen LogP contribution in [0.3, 0.4) is 0 Å². The summed E-state index contributed by atoms with van der Waals surface area (Å²) < 4.78 is 5.52. The van der Waals surface area contributed by atoms with Crippen LogP contribution in [0, 0.1) is 0 Å². The van der Waals surface area contributed by atoms with E-state index in [-0.39, 0.29) is 0 Å². The predicted molar refractivity (Wildman–Crippen MR) is 80.8 cm³/mol. The van der Waals surface area contributed by atoms with E-state index in [2.05, 4.69) is 17.0 Å². The fraction of sp³-hybridized carbons (Fsp3) is 0.588. The predicted octanol–water partition coefficient (Wildman–Crippen LogP) is 2.49. The molecule has 4 nitrogen and oxygen atoms in total. The normalized spacial score (nSPS) is 25.4. The molecule has 1 atom stereocenters. The van der Waals surface area contributed by atoms with Crippen molar-refractivity contribution in [3.05, 3.63) is 29.3 Å². The van der Waals surface area contributed by atoms with Gasteiger partial charge in [-0.05, 0) is 56.3 Å². The van der Waals surface area contributed by atoms with E-state index < -0.39 is 11.5 Å². The number of ether oxygens (including phenoxy) is 1. The Morgan fingerprint density at radius 3 is 3.10 bits per heavy atom. The van der Waals surface area contributed by atoms with E-state index in [1.54, 1.807) is 0 Å². The molecule has 2 aliphatic rings. The molecule has 1 aromatic rings. The molecular formula is C17H23NO3. The van der Waals surface area contributed by atoms with Gasteiger partial charge in [-0.15, -0.1) is 0 Å². The van der Waals surface area contributed by atoms with E-state index in [0.717, 1.165) is 57.6 Å². The van der Waals surface area contributed by atoms with Gasteiger partial charge in [0.1, 0.15) is 11.3 Å². The van der Waals surface area contributed by atoms with Gasteiger partial charge in [-0.3, -0.25) is 9.69 Å². The zero-order chi connectivity index (χ0) is 14.9. The Morgan fingerprint density at radius 2 is 2.29 bits per heavy atom. The summed E-state index contributed by atoms with van der Waals surface area (Å²) in [5.41, 5.74) is 1.86. The summed E-state index contributed by atoms with van der Waals surface area (Å²) in [5, 5.41) is 9.53. The summed E-state index contributed by atoms with van der Waals surface area (Å²) in [6.07, 6.45) is 4.74. The summed E-state index contributed by atoms with van der Waals surface area (Å²) in [7, 11) is 0. The van der Waals surface area contributed by atoms with Gasteiger partial charge in [0.05, 0.1) is 6.61 Å². The van der Waals surface area contributed by atoms with Crippen LogP contribution in [0.25, 0.3) is 0 Å². The first-order chi connectivity index (χ1) is 10.1. The van der Waals surface area contributed by atoms with Gasteiger partial charge in [0.2, 0.25) is 0 Å². The van der Waals surface area contributed by atoms with E-state index >= 15 is 0 Å². The van der Waals surface area contributed by atoms with Crippen LogP contribution in [0.1, 0.15) is 37.3 Å². The lowest BCUT2D eigenvalue weighted by molar-refractivity contribution is -0.152. The molecule has 0 aromatic heterocycles. The Hall–Kier alpha value is -1.55. The number of piperidine rings is 1. The zero-order valence-electron chi connectivity index (χ0n) is 12.6. The van der Waals surface area contributed by atoms with Gasteiger partial charge in [0.15, 0.2) is 0 Å². The highest BCUT2D eigenvalue weighted by atomic mass is 16.5. The summed E-state index contributed by atoms with van der Waals surface area (Å²) in [6, 6.07) is 6.36. The van der Waals surface area contributed by atoms with Gasteiger partial charge in [-0.1, -0.05) is 12.1 Å². The maximum absolute atomic E-state index is 11.6. The number of rotatable bonds is 4. The van der Waals surface area contributed by atoms with Crippen LogP contribution in [-0.4, -0.2) is 41.2 Å². The third-order valence-electron chi connectivity index (χ3n) is 4.92. The van der Waals surface area contributed by atoms with Crippen molar-refractivity contribution in [2.75, 3.05) is 19.7 Å². The van der Waals surface area contributed by atoms with Crippen molar-refractivity contribution in [1.82, 2.24) is 4.90 Å². The number of benzene rings is 1. The van der Waals surface area contributed by atoms with Crippen molar-refractivity contribution < 1.29 is 14.6 Å². The van der Waals surface area contributed by atoms with Crippen molar-refractivity contribution in [3.8, 4) is 5.75 Å². The minimum absolute atomic E-state index is 0.690. The molecule has 1 aromatic carbocycles. The number of fused-ring (bicyclic) bond motifs is 1. The first kappa shape index (κ1) is 14.4. The Morgan fingerprint density at radius 1 is 1.43 bits per heavy atom. The summed E-state index contributed by atoms with van der Waals surface area (Å²) in [4.78, 5) is 13.7. The molecule has 3 rings (SSSR count). The number of aliphatic carboxylic acids is 1. The van der Waals surface area contributed by atoms with Gasteiger partial charge >= 0.3 is 5.97 Å². The molecule has 4 heteroatoms. The molecule has 114 valence electrons. The van der Waals surface area contributed by atoms with E-state index in [0.29, 0.717) is 0 Å². The van der Waals surface area contributed by atoms with Gasteiger partial charge < -0.3 is 9.84 Å². The van der Waals surface area contributed by atoms with E-state index in [1.165, 1.54) is 11.1 Å². The topological polar surface area (TPSA) is 49.8 Å². The Labute approximate surface area is 125 Å². The highest BCUT2D eigenvalue weighted by Crippen LogP contribution is 2.29. The van der Waals surface area contributed by atoms with Crippen LogP contribution in [0.4, 0.5) is 0 Å². The third kappa shape index (κ3) is 2.77. The smallest absolute Gasteiger partial charge is 0.323 e. The fourth-order valence-corrected chi connectivity index (χ4v) is 3.44. The van der Waals surface area contributed by atoms with Crippen LogP contribution < -0.4 is 4.74 Å². The van der Waals surface area contributed by atoms with Crippen LogP contribution >= 0.6 is 0 Å². The minimum Gasteiger partial charge on any atom is -0.493 e. The highest BCUT2D eigenvalue weighted by molar-refractivity contribution is 5.78. The molecule has 0 amide bonds. The molecule has 0 spiro atoms. The minimum atomic E-state index is -0.696. The van der Waals surface area contributed by atoms with Crippen LogP contribution in [0.2, 0.25) is 0 Å². The lowest BCUT2D eigenvalue weighted by Crippen LogP contribution is -2.55. The number of carboxylic acids is 1. The Bertz CT molecular complexity index is 543. The maximum atomic E-state index is 11.6. The second-order valence-corrected chi connectivity index (χ2v) is 6.31. The summed E-state index contributed by atoms with van der Waals surface area (Å²) in [5.74, 6) is 0.316. The van der Waals surface area contributed by atoms with Crippen molar-refractivity contribution in [2.45, 2.75) is 44.6 Å². The molecule has 1 saturated heterocycles. The number of carbonyl (C=O) groups is 1. The zero-order valence-corrected chi connectivity index (χ0v) is 12.6. The fourth-order valence-electron chi connectivity index (χ4n) is 3.44. The Kier molecular flexibility index (Phi) is 3.89.